The van der Waals surface area contributed by atoms with Crippen molar-refractivity contribution in [3.05, 3.63) is 29.8 Å². The van der Waals surface area contributed by atoms with E-state index in [0.717, 1.165) is 31.6 Å². The van der Waals surface area contributed by atoms with E-state index >= 15 is 0 Å². The topological polar surface area (TPSA) is 85.2 Å². The highest BCUT2D eigenvalue weighted by Crippen LogP contribution is 2.42. The number of nitrogens with one attached hydrogen (secondary N) is 1. The number of anilines is 1. The van der Waals surface area contributed by atoms with Crippen LogP contribution in [0.3, 0.4) is 0 Å². The highest BCUT2D eigenvalue weighted by molar-refractivity contribution is 8.15. The van der Waals surface area contributed by atoms with Crippen LogP contribution in [0.2, 0.25) is 0 Å². The number of amides is 1. The van der Waals surface area contributed by atoms with Gasteiger partial charge in [0.15, 0.2) is 5.17 Å². The highest BCUT2D eigenvalue weighted by atomic mass is 32.2. The first kappa shape index (κ1) is 18.8. The molecule has 5 atom stereocenters. The molecule has 27 heavy (non-hydrogen) atoms. The van der Waals surface area contributed by atoms with Crippen molar-refractivity contribution >= 4 is 28.5 Å². The number of aliphatic hydroxyl groups is 2. The first-order valence-corrected chi connectivity index (χ1v) is 10.6. The predicted octanol–water partition coefficient (Wildman–Crippen LogP) is 2.00. The summed E-state index contributed by atoms with van der Waals surface area (Å²) in [6.45, 7) is 3.63. The Bertz CT molecular complexity index is 718. The third kappa shape index (κ3) is 3.86. The van der Waals surface area contributed by atoms with Crippen molar-refractivity contribution in [3.8, 4) is 0 Å². The van der Waals surface area contributed by atoms with E-state index in [4.69, 9.17) is 0 Å². The molecule has 3 N–H and O–H groups in total. The van der Waals surface area contributed by atoms with E-state index in [-0.39, 0.29) is 17.1 Å². The smallest absolute Gasteiger partial charge is 0.226 e. The number of rotatable bonds is 2. The first-order valence-electron chi connectivity index (χ1n) is 9.76. The summed E-state index contributed by atoms with van der Waals surface area (Å²) in [5.74, 6) is -0.201. The zero-order valence-electron chi connectivity index (χ0n) is 15.5. The van der Waals surface area contributed by atoms with Gasteiger partial charge in [0.1, 0.15) is 6.10 Å². The number of aliphatic hydroxyl groups excluding tert-OH is 2. The Balaban J connectivity index is 1.50. The molecule has 1 saturated carbocycles. The highest BCUT2D eigenvalue weighted by Gasteiger charge is 2.51. The van der Waals surface area contributed by atoms with Crippen molar-refractivity contribution in [2.24, 2.45) is 10.9 Å². The van der Waals surface area contributed by atoms with Gasteiger partial charge in [-0.1, -0.05) is 29.5 Å². The van der Waals surface area contributed by atoms with Crippen LogP contribution in [0, 0.1) is 12.8 Å². The molecule has 1 amide bonds. The maximum Gasteiger partial charge on any atom is 0.226 e. The number of benzene rings is 1. The summed E-state index contributed by atoms with van der Waals surface area (Å²) < 4.78 is 0. The van der Waals surface area contributed by atoms with E-state index in [2.05, 4.69) is 10.3 Å². The first-order chi connectivity index (χ1) is 13.0. The van der Waals surface area contributed by atoms with Crippen LogP contribution in [-0.4, -0.2) is 62.8 Å². The van der Waals surface area contributed by atoms with Crippen molar-refractivity contribution in [2.75, 3.05) is 18.4 Å². The van der Waals surface area contributed by atoms with Crippen molar-refractivity contribution in [3.63, 3.8) is 0 Å². The monoisotopic (exact) mass is 389 g/mol. The average molecular weight is 390 g/mol. The second kappa shape index (κ2) is 7.81. The van der Waals surface area contributed by atoms with Crippen molar-refractivity contribution in [1.29, 1.82) is 0 Å². The Kier molecular flexibility index (Phi) is 5.43. The Morgan fingerprint density at radius 2 is 1.89 bits per heavy atom. The summed E-state index contributed by atoms with van der Waals surface area (Å²) in [5, 5.41) is 24.7. The van der Waals surface area contributed by atoms with Gasteiger partial charge in [-0.2, -0.15) is 0 Å². The minimum Gasteiger partial charge on any atom is -0.390 e. The van der Waals surface area contributed by atoms with Gasteiger partial charge >= 0.3 is 0 Å². The molecule has 1 aromatic carbocycles. The molecule has 2 fully saturated rings. The quantitative estimate of drug-likeness (QED) is 0.720. The molecule has 0 aromatic heterocycles. The largest absolute Gasteiger partial charge is 0.390 e. The molecule has 0 bridgehead atoms. The van der Waals surface area contributed by atoms with Crippen LogP contribution in [0.15, 0.2) is 29.3 Å². The Morgan fingerprint density at radius 1 is 1.19 bits per heavy atom. The molecule has 0 radical (unpaired) electrons. The van der Waals surface area contributed by atoms with Gasteiger partial charge in [-0.05, 0) is 44.7 Å². The Morgan fingerprint density at radius 3 is 2.59 bits per heavy atom. The van der Waals surface area contributed by atoms with Gasteiger partial charge in [-0.15, -0.1) is 0 Å². The number of amidine groups is 1. The molecule has 3 aliphatic rings. The second-order valence-electron chi connectivity index (χ2n) is 7.78. The minimum atomic E-state index is -0.926. The summed E-state index contributed by atoms with van der Waals surface area (Å²) in [5.41, 5.74) is 2.11. The van der Waals surface area contributed by atoms with Crippen LogP contribution in [0.5, 0.6) is 0 Å². The molecule has 1 aromatic rings. The lowest BCUT2D eigenvalue weighted by molar-refractivity contribution is -0.141. The van der Waals surface area contributed by atoms with Crippen molar-refractivity contribution in [1.82, 2.24) is 4.90 Å². The minimum absolute atomic E-state index is 0.106. The average Bonchev–Trinajstić information content (AvgIpc) is 3.10. The van der Waals surface area contributed by atoms with Crippen molar-refractivity contribution in [2.45, 2.75) is 56.1 Å². The Labute approximate surface area is 164 Å². The normalized spacial score (nSPS) is 33.4. The molecule has 2 aliphatic heterocycles. The predicted molar refractivity (Wildman–Crippen MR) is 108 cm³/mol. The number of nitrogens with zero attached hydrogens (tertiary/aromatic N) is 2. The van der Waals surface area contributed by atoms with Crippen LogP contribution in [0.25, 0.3) is 0 Å². The number of aliphatic imine (C=N–C) groups is 1. The molecule has 2 heterocycles. The van der Waals surface area contributed by atoms with Crippen LogP contribution in [0.4, 0.5) is 5.69 Å². The lowest BCUT2D eigenvalue weighted by Crippen LogP contribution is -2.55. The lowest BCUT2D eigenvalue weighted by atomic mass is 9.80. The molecule has 0 unspecified atom stereocenters. The number of fused-ring (bicyclic) bond motifs is 1. The fourth-order valence-corrected chi connectivity index (χ4v) is 5.57. The van der Waals surface area contributed by atoms with E-state index in [1.54, 1.807) is 0 Å². The number of carbonyl (C=O) groups excluding carboxylic acids is 1. The molecule has 146 valence electrons. The third-order valence-corrected chi connectivity index (χ3v) is 7.08. The standard InChI is InChI=1S/C20H27N3O3S/c1-12-5-7-13(8-6-12)21-20-22-16-17(25)15(24)11-14(18(16)27-20)19(26)23-9-3-2-4-10-23/h5-8,14-18,24-25H,2-4,9-11H2,1H3,(H,21,22)/t14-,15+,16+,17-,18+/m0/s1. The number of hydrogen-bond acceptors (Lipinski definition) is 6. The maximum atomic E-state index is 13.1. The van der Waals surface area contributed by atoms with E-state index < -0.39 is 18.2 Å². The molecule has 0 spiro atoms. The zero-order chi connectivity index (χ0) is 19.0. The molecular formula is C20H27N3O3S. The Hall–Kier alpha value is -1.57. The molecule has 4 rings (SSSR count). The summed E-state index contributed by atoms with van der Waals surface area (Å²) in [4.78, 5) is 19.7. The SMILES string of the molecule is Cc1ccc(NC2=N[C@@H]3[C@@H](O)[C@H](O)C[C@H](C(=O)N4CCCCC4)[C@H]3S2)cc1. The summed E-state index contributed by atoms with van der Waals surface area (Å²) in [6.07, 6.45) is 1.73. The molecule has 1 saturated heterocycles. The van der Waals surface area contributed by atoms with Crippen molar-refractivity contribution < 1.29 is 15.0 Å². The van der Waals surface area contributed by atoms with Gasteiger partial charge in [-0.25, -0.2) is 0 Å². The van der Waals surface area contributed by atoms with Gasteiger partial charge in [-0.3, -0.25) is 9.79 Å². The third-order valence-electron chi connectivity index (χ3n) is 5.77. The van der Waals surface area contributed by atoms with E-state index in [1.165, 1.54) is 23.7 Å². The molecule has 7 heteroatoms. The number of hydrogen-bond donors (Lipinski definition) is 3. The number of aryl methyl sites for hydroxylation is 1. The van der Waals surface area contributed by atoms with Crippen LogP contribution >= 0.6 is 11.8 Å². The second-order valence-corrected chi connectivity index (χ2v) is 8.95. The maximum absolute atomic E-state index is 13.1. The number of carbonyl (C=O) groups is 1. The number of thioether (sulfide) groups is 1. The van der Waals surface area contributed by atoms with Gasteiger partial charge in [0.25, 0.3) is 0 Å². The van der Waals surface area contributed by atoms with Gasteiger partial charge in [0.2, 0.25) is 5.91 Å². The number of likely N-dealkylation sites (tertiary alicyclic amines) is 1. The summed E-state index contributed by atoms with van der Waals surface area (Å²) in [6, 6.07) is 7.57. The van der Waals surface area contributed by atoms with Crippen LogP contribution in [0.1, 0.15) is 31.2 Å². The zero-order valence-corrected chi connectivity index (χ0v) is 16.4. The van der Waals surface area contributed by atoms with Crippen LogP contribution in [-0.2, 0) is 4.79 Å². The summed E-state index contributed by atoms with van der Waals surface area (Å²) >= 11 is 1.52. The van der Waals surface area contributed by atoms with E-state index in [1.807, 2.05) is 36.1 Å². The van der Waals surface area contributed by atoms with Gasteiger partial charge < -0.3 is 20.4 Å². The molecule has 1 aliphatic carbocycles. The van der Waals surface area contributed by atoms with E-state index in [9.17, 15) is 15.0 Å². The summed E-state index contributed by atoms with van der Waals surface area (Å²) in [7, 11) is 0. The fraction of sp³-hybridized carbons (Fsp3) is 0.600. The van der Waals surface area contributed by atoms with Gasteiger partial charge in [0, 0.05) is 24.0 Å². The van der Waals surface area contributed by atoms with Crippen LogP contribution < -0.4 is 5.32 Å². The van der Waals surface area contributed by atoms with Gasteiger partial charge in [0.05, 0.1) is 18.1 Å². The fourth-order valence-electron chi connectivity index (χ4n) is 4.20. The lowest BCUT2D eigenvalue weighted by Gasteiger charge is -2.40. The van der Waals surface area contributed by atoms with E-state index in [0.29, 0.717) is 11.6 Å². The number of piperidine rings is 1. The molecule has 6 nitrogen and oxygen atoms in total. The molecular weight excluding hydrogens is 362 g/mol.